The Bertz CT molecular complexity index is 670. The number of nitrogens with zero attached hydrogens (tertiary/aromatic N) is 1. The van der Waals surface area contributed by atoms with E-state index >= 15 is 0 Å². The molecule has 0 unspecified atom stereocenters. The molecule has 3 heteroatoms. The fourth-order valence-electron chi connectivity index (χ4n) is 1.96. The van der Waals surface area contributed by atoms with Crippen LogP contribution in [0.3, 0.4) is 0 Å². The van der Waals surface area contributed by atoms with Crippen LogP contribution in [0.4, 0.5) is 0 Å². The van der Waals surface area contributed by atoms with Crippen LogP contribution in [0.2, 0.25) is 0 Å². The van der Waals surface area contributed by atoms with Crippen molar-refractivity contribution in [3.63, 3.8) is 0 Å². The number of pyridine rings is 1. The quantitative estimate of drug-likeness (QED) is 0.622. The Balaban J connectivity index is 2.03. The van der Waals surface area contributed by atoms with Crippen LogP contribution in [-0.2, 0) is 6.61 Å². The van der Waals surface area contributed by atoms with Gasteiger partial charge in [0, 0.05) is 35.8 Å². The number of halogens is 1. The third-order valence-corrected chi connectivity index (χ3v) is 3.14. The standard InChI is InChI=1S/C18H18ClNO/c1-14-9-17(12-20-11-14)13-21-18-7-6-16(10-15(18)2)5-3-4-8-19/h6-7,9-12H,4,8,13H2,1-2H3. The zero-order chi connectivity index (χ0) is 15.1. The molecule has 0 spiro atoms. The molecular formula is C18H18ClNO. The topological polar surface area (TPSA) is 22.1 Å². The fraction of sp³-hybridized carbons (Fsp3) is 0.278. The molecule has 0 saturated heterocycles. The van der Waals surface area contributed by atoms with Crippen molar-refractivity contribution >= 4 is 11.6 Å². The number of aromatic nitrogens is 1. The first kappa shape index (κ1) is 15.4. The summed E-state index contributed by atoms with van der Waals surface area (Å²) in [6, 6.07) is 8.04. The number of hydrogen-bond acceptors (Lipinski definition) is 2. The van der Waals surface area contributed by atoms with E-state index in [9.17, 15) is 0 Å². The average molecular weight is 300 g/mol. The maximum atomic E-state index is 5.85. The van der Waals surface area contributed by atoms with Gasteiger partial charge in [-0.1, -0.05) is 11.8 Å². The molecule has 0 aliphatic carbocycles. The van der Waals surface area contributed by atoms with Gasteiger partial charge in [-0.3, -0.25) is 4.98 Å². The highest BCUT2D eigenvalue weighted by molar-refractivity contribution is 6.18. The Morgan fingerprint density at radius 2 is 2.05 bits per heavy atom. The van der Waals surface area contributed by atoms with Crippen molar-refractivity contribution in [1.82, 2.24) is 4.98 Å². The summed E-state index contributed by atoms with van der Waals surface area (Å²) < 4.78 is 5.85. The summed E-state index contributed by atoms with van der Waals surface area (Å²) in [6.07, 6.45) is 4.37. The van der Waals surface area contributed by atoms with Gasteiger partial charge in [-0.05, 0) is 49.2 Å². The third kappa shape index (κ3) is 4.81. The molecule has 2 nitrogen and oxygen atoms in total. The molecule has 0 aliphatic heterocycles. The SMILES string of the molecule is Cc1cncc(COc2ccc(C#CCCCl)cc2C)c1. The minimum atomic E-state index is 0.521. The van der Waals surface area contributed by atoms with Crippen LogP contribution in [0.5, 0.6) is 5.75 Å². The lowest BCUT2D eigenvalue weighted by molar-refractivity contribution is 0.303. The summed E-state index contributed by atoms with van der Waals surface area (Å²) >= 11 is 5.61. The van der Waals surface area contributed by atoms with Gasteiger partial charge in [-0.15, -0.1) is 11.6 Å². The number of ether oxygens (including phenoxy) is 1. The molecule has 0 amide bonds. The van der Waals surface area contributed by atoms with E-state index in [1.165, 1.54) is 0 Å². The number of hydrogen-bond donors (Lipinski definition) is 0. The molecule has 1 heterocycles. The van der Waals surface area contributed by atoms with Crippen molar-refractivity contribution in [3.8, 4) is 17.6 Å². The van der Waals surface area contributed by atoms with Crippen LogP contribution in [0.25, 0.3) is 0 Å². The van der Waals surface area contributed by atoms with Crippen LogP contribution in [-0.4, -0.2) is 10.9 Å². The van der Waals surface area contributed by atoms with Crippen molar-refractivity contribution in [3.05, 3.63) is 58.9 Å². The zero-order valence-electron chi connectivity index (χ0n) is 12.3. The molecule has 0 bridgehead atoms. The monoisotopic (exact) mass is 299 g/mol. The molecule has 0 N–H and O–H groups in total. The first-order valence-electron chi connectivity index (χ1n) is 6.88. The summed E-state index contributed by atoms with van der Waals surface area (Å²) in [5.41, 5.74) is 4.27. The highest BCUT2D eigenvalue weighted by atomic mass is 35.5. The zero-order valence-corrected chi connectivity index (χ0v) is 13.1. The lowest BCUT2D eigenvalue weighted by Gasteiger charge is -2.09. The summed E-state index contributed by atoms with van der Waals surface area (Å²) in [4.78, 5) is 4.17. The van der Waals surface area contributed by atoms with Crippen molar-refractivity contribution in [2.75, 3.05) is 5.88 Å². The molecule has 1 aromatic carbocycles. The molecule has 0 saturated carbocycles. The Kier molecular flexibility index (Phi) is 5.66. The van der Waals surface area contributed by atoms with E-state index in [4.69, 9.17) is 16.3 Å². The predicted molar refractivity (Wildman–Crippen MR) is 86.7 cm³/mol. The smallest absolute Gasteiger partial charge is 0.122 e. The molecule has 0 radical (unpaired) electrons. The van der Waals surface area contributed by atoms with Gasteiger partial charge in [-0.2, -0.15) is 0 Å². The normalized spacial score (nSPS) is 9.86. The van der Waals surface area contributed by atoms with Crippen LogP contribution >= 0.6 is 11.6 Å². The molecule has 0 atom stereocenters. The maximum absolute atomic E-state index is 5.85. The van der Waals surface area contributed by atoms with E-state index < -0.39 is 0 Å². The second-order valence-electron chi connectivity index (χ2n) is 4.88. The highest BCUT2D eigenvalue weighted by Gasteiger charge is 2.01. The Hall–Kier alpha value is -1.98. The van der Waals surface area contributed by atoms with Crippen LogP contribution < -0.4 is 4.74 Å². The molecule has 2 rings (SSSR count). The lowest BCUT2D eigenvalue weighted by atomic mass is 10.1. The molecule has 0 aliphatic rings. The summed E-state index contributed by atoms with van der Waals surface area (Å²) in [6.45, 7) is 4.57. The first-order valence-corrected chi connectivity index (χ1v) is 7.41. The molecule has 2 aromatic rings. The Morgan fingerprint density at radius 1 is 1.19 bits per heavy atom. The Labute approximate surface area is 131 Å². The van der Waals surface area contributed by atoms with Crippen molar-refractivity contribution < 1.29 is 4.74 Å². The van der Waals surface area contributed by atoms with E-state index in [-0.39, 0.29) is 0 Å². The number of rotatable bonds is 4. The van der Waals surface area contributed by atoms with Crippen molar-refractivity contribution in [1.29, 1.82) is 0 Å². The van der Waals surface area contributed by atoms with Gasteiger partial charge in [-0.25, -0.2) is 0 Å². The molecule has 1 aromatic heterocycles. The van der Waals surface area contributed by atoms with E-state index in [0.29, 0.717) is 18.9 Å². The van der Waals surface area contributed by atoms with Gasteiger partial charge < -0.3 is 4.74 Å². The second kappa shape index (κ2) is 7.71. The van der Waals surface area contributed by atoms with E-state index in [0.717, 1.165) is 28.0 Å². The van der Waals surface area contributed by atoms with Crippen LogP contribution in [0.15, 0.2) is 36.7 Å². The minimum absolute atomic E-state index is 0.521. The first-order chi connectivity index (χ1) is 10.2. The van der Waals surface area contributed by atoms with Crippen molar-refractivity contribution in [2.45, 2.75) is 26.9 Å². The number of benzene rings is 1. The van der Waals surface area contributed by atoms with Gasteiger partial charge in [0.25, 0.3) is 0 Å². The largest absolute Gasteiger partial charge is 0.489 e. The second-order valence-corrected chi connectivity index (χ2v) is 5.26. The molecular weight excluding hydrogens is 282 g/mol. The lowest BCUT2D eigenvalue weighted by Crippen LogP contribution is -1.98. The van der Waals surface area contributed by atoms with Gasteiger partial charge in [0.05, 0.1) is 0 Å². The van der Waals surface area contributed by atoms with Crippen LogP contribution in [0, 0.1) is 25.7 Å². The minimum Gasteiger partial charge on any atom is -0.489 e. The predicted octanol–water partition coefficient (Wildman–Crippen LogP) is 4.26. The van der Waals surface area contributed by atoms with Gasteiger partial charge in [0.1, 0.15) is 12.4 Å². The fourth-order valence-corrected chi connectivity index (χ4v) is 2.05. The van der Waals surface area contributed by atoms with E-state index in [2.05, 4.69) is 22.9 Å². The third-order valence-electron chi connectivity index (χ3n) is 2.95. The van der Waals surface area contributed by atoms with Gasteiger partial charge in [0.15, 0.2) is 0 Å². The maximum Gasteiger partial charge on any atom is 0.122 e. The molecule has 21 heavy (non-hydrogen) atoms. The molecule has 0 fully saturated rings. The van der Waals surface area contributed by atoms with E-state index in [1.54, 1.807) is 0 Å². The molecule has 108 valence electrons. The van der Waals surface area contributed by atoms with E-state index in [1.807, 2.05) is 44.4 Å². The number of alkyl halides is 1. The Morgan fingerprint density at radius 3 is 2.76 bits per heavy atom. The summed E-state index contributed by atoms with van der Waals surface area (Å²) in [5, 5.41) is 0. The highest BCUT2D eigenvalue weighted by Crippen LogP contribution is 2.20. The van der Waals surface area contributed by atoms with Gasteiger partial charge >= 0.3 is 0 Å². The number of aryl methyl sites for hydroxylation is 2. The van der Waals surface area contributed by atoms with Crippen molar-refractivity contribution in [2.24, 2.45) is 0 Å². The van der Waals surface area contributed by atoms with Crippen LogP contribution in [0.1, 0.15) is 28.7 Å². The average Bonchev–Trinajstić information content (AvgIpc) is 2.47. The summed E-state index contributed by atoms with van der Waals surface area (Å²) in [7, 11) is 0. The summed E-state index contributed by atoms with van der Waals surface area (Å²) in [5.74, 6) is 7.57. The van der Waals surface area contributed by atoms with Gasteiger partial charge in [0.2, 0.25) is 0 Å².